The molecule has 1 saturated heterocycles. The van der Waals surface area contributed by atoms with Crippen molar-refractivity contribution in [3.8, 4) is 17.0 Å². The van der Waals surface area contributed by atoms with Crippen LogP contribution in [0.1, 0.15) is 31.2 Å². The van der Waals surface area contributed by atoms with Crippen LogP contribution in [0.3, 0.4) is 0 Å². The molecule has 30 heavy (non-hydrogen) atoms. The monoisotopic (exact) mass is 424 g/mol. The lowest BCUT2D eigenvalue weighted by Crippen LogP contribution is -2.53. The Hall–Kier alpha value is -2.22. The number of thiophene rings is 1. The predicted octanol–water partition coefficient (Wildman–Crippen LogP) is 4.43. The molecule has 3 aromatic rings. The molecule has 3 heterocycles. The zero-order valence-corrected chi connectivity index (χ0v) is 18.3. The van der Waals surface area contributed by atoms with Gasteiger partial charge in [-0.1, -0.05) is 0 Å². The van der Waals surface area contributed by atoms with Crippen molar-refractivity contribution in [2.24, 2.45) is 0 Å². The van der Waals surface area contributed by atoms with E-state index >= 15 is 0 Å². The Morgan fingerprint density at radius 2 is 2.10 bits per heavy atom. The highest BCUT2D eigenvalue weighted by atomic mass is 32.1. The molecular weight excluding hydrogens is 396 g/mol. The van der Waals surface area contributed by atoms with Crippen LogP contribution in [0.2, 0.25) is 0 Å². The summed E-state index contributed by atoms with van der Waals surface area (Å²) < 4.78 is 6.51. The molecule has 0 spiro atoms. The lowest BCUT2D eigenvalue weighted by atomic mass is 9.86. The molecule has 2 aromatic heterocycles. The minimum atomic E-state index is 0.282. The molecule has 0 amide bonds. The average Bonchev–Trinajstić information content (AvgIpc) is 3.18. The summed E-state index contributed by atoms with van der Waals surface area (Å²) >= 11 is 1.62. The molecule has 6 nitrogen and oxygen atoms in total. The molecule has 1 aliphatic carbocycles. The van der Waals surface area contributed by atoms with Crippen molar-refractivity contribution in [3.63, 3.8) is 0 Å². The van der Waals surface area contributed by atoms with Crippen molar-refractivity contribution in [1.82, 2.24) is 15.1 Å². The second kappa shape index (κ2) is 8.13. The van der Waals surface area contributed by atoms with Crippen molar-refractivity contribution in [3.05, 3.63) is 35.2 Å². The van der Waals surface area contributed by atoms with Gasteiger partial charge in [-0.2, -0.15) is 0 Å². The molecule has 0 radical (unpaired) electrons. The lowest BCUT2D eigenvalue weighted by molar-refractivity contribution is -0.0333. The normalized spacial score (nSPS) is 24.7. The number of aromatic nitrogens is 2. The van der Waals surface area contributed by atoms with Crippen molar-refractivity contribution in [2.45, 2.75) is 50.8 Å². The van der Waals surface area contributed by atoms with Crippen LogP contribution in [0.4, 0.5) is 5.82 Å². The molecule has 2 fully saturated rings. The molecule has 2 N–H and O–H groups in total. The van der Waals surface area contributed by atoms with E-state index in [0.29, 0.717) is 18.2 Å². The number of hydrogen-bond donors (Lipinski definition) is 2. The molecule has 1 unspecified atom stereocenters. The second-order valence-corrected chi connectivity index (χ2v) is 9.46. The lowest BCUT2D eigenvalue weighted by Gasteiger charge is -2.45. The number of piperidine rings is 1. The maximum absolute atomic E-state index is 10.7. The van der Waals surface area contributed by atoms with E-state index in [1.165, 1.54) is 13.0 Å². The van der Waals surface area contributed by atoms with E-state index < -0.39 is 0 Å². The topological polar surface area (TPSA) is 70.5 Å². The first-order valence-electron chi connectivity index (χ1n) is 10.7. The van der Waals surface area contributed by atoms with Gasteiger partial charge in [0.2, 0.25) is 0 Å². The zero-order chi connectivity index (χ0) is 20.7. The summed E-state index contributed by atoms with van der Waals surface area (Å²) in [5, 5.41) is 26.1. The third-order valence-corrected chi connectivity index (χ3v) is 7.45. The molecule has 7 heteroatoms. The van der Waals surface area contributed by atoms with Gasteiger partial charge in [0.1, 0.15) is 11.6 Å². The molecule has 2 aliphatic rings. The smallest absolute Gasteiger partial charge is 0.149 e. The Balaban J connectivity index is 1.29. The average molecular weight is 425 g/mol. The van der Waals surface area contributed by atoms with Crippen LogP contribution in [-0.2, 0) is 4.74 Å². The molecule has 5 rings (SSSR count). The molecule has 1 aliphatic heterocycles. The third kappa shape index (κ3) is 3.66. The minimum absolute atomic E-state index is 0.282. The first-order valence-corrected chi connectivity index (χ1v) is 11.6. The number of nitrogens with zero attached hydrogens (tertiary/aromatic N) is 3. The number of anilines is 1. The fourth-order valence-corrected chi connectivity index (χ4v) is 5.52. The van der Waals surface area contributed by atoms with Gasteiger partial charge in [-0.3, -0.25) is 4.90 Å². The Labute approximate surface area is 180 Å². The van der Waals surface area contributed by atoms with Gasteiger partial charge in [0.05, 0.1) is 11.8 Å². The number of nitrogens with one attached hydrogen (secondary N) is 1. The van der Waals surface area contributed by atoms with Crippen LogP contribution >= 0.6 is 11.3 Å². The van der Waals surface area contributed by atoms with Gasteiger partial charge in [0.25, 0.3) is 0 Å². The van der Waals surface area contributed by atoms with E-state index in [1.54, 1.807) is 11.3 Å². The van der Waals surface area contributed by atoms with Gasteiger partial charge < -0.3 is 15.2 Å². The maximum Gasteiger partial charge on any atom is 0.149 e. The number of fused-ring (bicyclic) bond motifs is 1. The standard InChI is InChI=1S/C23H28N4O2S/c1-14-10-21(24-15-4-3-8-27(13-15)16-11-17(12-16)29-2)25-26-22(14)19-5-6-20-18(23(19)28)7-9-30-20/h5-7,9-10,15-17,28H,3-4,8,11-13H2,1-2H3,(H,24,25). The van der Waals surface area contributed by atoms with E-state index in [4.69, 9.17) is 4.74 Å². The van der Waals surface area contributed by atoms with Gasteiger partial charge in [0, 0.05) is 41.4 Å². The number of methoxy groups -OCH3 is 1. The fraction of sp³-hybridized carbons (Fsp3) is 0.478. The van der Waals surface area contributed by atoms with Crippen LogP contribution in [-0.4, -0.2) is 58.6 Å². The van der Waals surface area contributed by atoms with Crippen LogP contribution in [0.25, 0.3) is 21.3 Å². The summed E-state index contributed by atoms with van der Waals surface area (Å²) in [5.41, 5.74) is 2.47. The Morgan fingerprint density at radius 3 is 2.90 bits per heavy atom. The highest BCUT2D eigenvalue weighted by Gasteiger charge is 2.35. The summed E-state index contributed by atoms with van der Waals surface area (Å²) in [6, 6.07) is 9.00. The molecule has 1 aromatic carbocycles. The van der Waals surface area contributed by atoms with Crippen molar-refractivity contribution in [2.75, 3.05) is 25.5 Å². The van der Waals surface area contributed by atoms with Crippen molar-refractivity contribution < 1.29 is 9.84 Å². The quantitative estimate of drug-likeness (QED) is 0.632. The van der Waals surface area contributed by atoms with Crippen LogP contribution in [0, 0.1) is 6.92 Å². The highest BCUT2D eigenvalue weighted by Crippen LogP contribution is 2.38. The number of hydrogen-bond acceptors (Lipinski definition) is 7. The number of ether oxygens (including phenoxy) is 1. The van der Waals surface area contributed by atoms with E-state index in [2.05, 4.69) is 20.4 Å². The Kier molecular flexibility index (Phi) is 5.35. The van der Waals surface area contributed by atoms with E-state index in [-0.39, 0.29) is 5.75 Å². The van der Waals surface area contributed by atoms with Crippen LogP contribution < -0.4 is 5.32 Å². The summed E-state index contributed by atoms with van der Waals surface area (Å²) in [6.07, 6.45) is 5.08. The number of aromatic hydroxyl groups is 1. The largest absolute Gasteiger partial charge is 0.507 e. The maximum atomic E-state index is 10.7. The highest BCUT2D eigenvalue weighted by molar-refractivity contribution is 7.17. The Bertz CT molecular complexity index is 1050. The molecule has 1 atom stereocenters. The fourth-order valence-electron chi connectivity index (χ4n) is 4.74. The number of rotatable bonds is 5. The summed E-state index contributed by atoms with van der Waals surface area (Å²) in [6.45, 7) is 4.24. The molecular formula is C23H28N4O2S. The van der Waals surface area contributed by atoms with Crippen LogP contribution in [0.5, 0.6) is 5.75 Å². The van der Waals surface area contributed by atoms with E-state index in [9.17, 15) is 5.11 Å². The van der Waals surface area contributed by atoms with Crippen molar-refractivity contribution >= 4 is 27.2 Å². The number of phenolic OH excluding ortho intramolecular Hbond substituents is 1. The summed E-state index contributed by atoms with van der Waals surface area (Å²) in [7, 11) is 1.81. The van der Waals surface area contributed by atoms with Gasteiger partial charge in [-0.05, 0) is 74.4 Å². The third-order valence-electron chi connectivity index (χ3n) is 6.57. The number of likely N-dealkylation sites (tertiary alicyclic amines) is 1. The van der Waals surface area contributed by atoms with Gasteiger partial charge in [-0.15, -0.1) is 21.5 Å². The molecule has 0 bridgehead atoms. The Morgan fingerprint density at radius 1 is 1.23 bits per heavy atom. The van der Waals surface area contributed by atoms with Gasteiger partial charge >= 0.3 is 0 Å². The summed E-state index contributed by atoms with van der Waals surface area (Å²) in [4.78, 5) is 2.60. The predicted molar refractivity (Wildman–Crippen MR) is 121 cm³/mol. The first kappa shape index (κ1) is 19.7. The first-order chi connectivity index (χ1) is 14.6. The summed E-state index contributed by atoms with van der Waals surface area (Å²) in [5.74, 6) is 1.09. The van der Waals surface area contributed by atoms with E-state index in [0.717, 1.165) is 58.5 Å². The molecule has 1 saturated carbocycles. The van der Waals surface area contributed by atoms with Gasteiger partial charge in [-0.25, -0.2) is 0 Å². The van der Waals surface area contributed by atoms with Crippen molar-refractivity contribution in [1.29, 1.82) is 0 Å². The SMILES string of the molecule is COC1CC(N2CCCC(Nc3cc(C)c(-c4ccc5sccc5c4O)nn3)C2)C1. The molecule has 158 valence electrons. The number of benzene rings is 1. The van der Waals surface area contributed by atoms with Crippen LogP contribution in [0.15, 0.2) is 29.6 Å². The number of aryl methyl sites for hydroxylation is 1. The van der Waals surface area contributed by atoms with Gasteiger partial charge in [0.15, 0.2) is 0 Å². The zero-order valence-electron chi connectivity index (χ0n) is 17.5. The minimum Gasteiger partial charge on any atom is -0.507 e. The second-order valence-electron chi connectivity index (χ2n) is 8.52. The van der Waals surface area contributed by atoms with E-state index in [1.807, 2.05) is 43.7 Å². The number of phenols is 1.